The number of hydrogen-bond donors (Lipinski definition) is 1. The molecule has 1 amide bonds. The first kappa shape index (κ1) is 24.4. The summed E-state index contributed by atoms with van der Waals surface area (Å²) in [6.45, 7) is 1.89. The molecule has 0 heterocycles. The van der Waals surface area contributed by atoms with Crippen LogP contribution in [0.25, 0.3) is 0 Å². The van der Waals surface area contributed by atoms with Crippen molar-refractivity contribution in [3.05, 3.63) is 83.4 Å². The van der Waals surface area contributed by atoms with E-state index in [2.05, 4.69) is 5.32 Å². The summed E-state index contributed by atoms with van der Waals surface area (Å²) in [6.07, 6.45) is 0. The average molecular weight is 489 g/mol. The molecule has 0 fully saturated rings. The number of benzene rings is 3. The molecule has 0 unspecified atom stereocenters. The van der Waals surface area contributed by atoms with Crippen LogP contribution in [0, 0.1) is 6.92 Å². The first-order chi connectivity index (χ1) is 15.8. The standard InChI is InChI=1S/C24H25ClN2O5S/c1-18-5-3-6-20(15-18)27(33(29,30)23-11-9-19(25)10-12-23)17-24(28)26-13-14-32-22-8-4-7-21(16-22)31-2/h3-12,15-16H,13-14,17H2,1-2H3,(H,26,28). The quantitative estimate of drug-likeness (QED) is 0.435. The number of ether oxygens (including phenoxy) is 2. The Morgan fingerprint density at radius 3 is 2.39 bits per heavy atom. The predicted octanol–water partition coefficient (Wildman–Crippen LogP) is 4.05. The van der Waals surface area contributed by atoms with Crippen molar-refractivity contribution in [2.75, 3.05) is 31.1 Å². The molecule has 1 N–H and O–H groups in total. The van der Waals surface area contributed by atoms with Crippen LogP contribution in [0.1, 0.15) is 5.56 Å². The fourth-order valence-corrected chi connectivity index (χ4v) is 4.61. The average Bonchev–Trinajstić information content (AvgIpc) is 2.80. The highest BCUT2D eigenvalue weighted by molar-refractivity contribution is 7.92. The van der Waals surface area contributed by atoms with E-state index in [-0.39, 0.29) is 24.6 Å². The zero-order valence-corrected chi connectivity index (χ0v) is 19.9. The van der Waals surface area contributed by atoms with Crippen molar-refractivity contribution >= 4 is 33.2 Å². The Bertz CT molecular complexity index is 1200. The van der Waals surface area contributed by atoms with Crippen molar-refractivity contribution in [2.45, 2.75) is 11.8 Å². The molecule has 3 aromatic rings. The SMILES string of the molecule is COc1cccc(OCCNC(=O)CN(c2cccc(C)c2)S(=O)(=O)c2ccc(Cl)cc2)c1. The third kappa shape index (κ3) is 6.63. The summed E-state index contributed by atoms with van der Waals surface area (Å²) < 4.78 is 38.5. The molecular formula is C24H25ClN2O5S. The molecule has 0 aliphatic heterocycles. The number of sulfonamides is 1. The molecule has 0 bridgehead atoms. The zero-order valence-electron chi connectivity index (χ0n) is 18.3. The van der Waals surface area contributed by atoms with Gasteiger partial charge >= 0.3 is 0 Å². The Labute approximate surface area is 198 Å². The van der Waals surface area contributed by atoms with E-state index in [0.29, 0.717) is 22.2 Å². The van der Waals surface area contributed by atoms with E-state index in [1.54, 1.807) is 49.6 Å². The topological polar surface area (TPSA) is 84.9 Å². The monoisotopic (exact) mass is 488 g/mol. The second kappa shape index (κ2) is 11.1. The van der Waals surface area contributed by atoms with E-state index in [1.165, 1.54) is 24.3 Å². The van der Waals surface area contributed by atoms with Gasteiger partial charge in [-0.05, 0) is 61.0 Å². The molecule has 0 aliphatic rings. The zero-order chi connectivity index (χ0) is 23.8. The molecule has 0 radical (unpaired) electrons. The summed E-state index contributed by atoms with van der Waals surface area (Å²) >= 11 is 5.90. The maximum atomic E-state index is 13.3. The van der Waals surface area contributed by atoms with Crippen LogP contribution in [0.5, 0.6) is 11.5 Å². The van der Waals surface area contributed by atoms with Crippen LogP contribution in [0.4, 0.5) is 5.69 Å². The molecule has 9 heteroatoms. The van der Waals surface area contributed by atoms with E-state index >= 15 is 0 Å². The Balaban J connectivity index is 1.69. The Morgan fingerprint density at radius 2 is 1.70 bits per heavy atom. The number of methoxy groups -OCH3 is 1. The van der Waals surface area contributed by atoms with Crippen molar-refractivity contribution in [1.82, 2.24) is 5.32 Å². The fraction of sp³-hybridized carbons (Fsp3) is 0.208. The summed E-state index contributed by atoms with van der Waals surface area (Å²) in [5.74, 6) is 0.816. The van der Waals surface area contributed by atoms with Crippen LogP contribution in [0.15, 0.2) is 77.7 Å². The van der Waals surface area contributed by atoms with Gasteiger partial charge < -0.3 is 14.8 Å². The normalized spacial score (nSPS) is 11.0. The largest absolute Gasteiger partial charge is 0.497 e. The van der Waals surface area contributed by atoms with Crippen LogP contribution in [-0.4, -0.2) is 41.1 Å². The Morgan fingerprint density at radius 1 is 1.00 bits per heavy atom. The van der Waals surface area contributed by atoms with E-state index in [9.17, 15) is 13.2 Å². The summed E-state index contributed by atoms with van der Waals surface area (Å²) in [6, 6.07) is 19.9. The van der Waals surface area contributed by atoms with Gasteiger partial charge in [0, 0.05) is 11.1 Å². The number of nitrogens with one attached hydrogen (secondary N) is 1. The first-order valence-electron chi connectivity index (χ1n) is 10.2. The smallest absolute Gasteiger partial charge is 0.264 e. The van der Waals surface area contributed by atoms with Crippen LogP contribution < -0.4 is 19.1 Å². The highest BCUT2D eigenvalue weighted by Crippen LogP contribution is 2.25. The van der Waals surface area contributed by atoms with Gasteiger partial charge in [-0.15, -0.1) is 0 Å². The minimum atomic E-state index is -4.00. The summed E-state index contributed by atoms with van der Waals surface area (Å²) in [5.41, 5.74) is 1.27. The molecule has 174 valence electrons. The van der Waals surface area contributed by atoms with Crippen molar-refractivity contribution in [2.24, 2.45) is 0 Å². The van der Waals surface area contributed by atoms with Crippen LogP contribution >= 0.6 is 11.6 Å². The van der Waals surface area contributed by atoms with Crippen LogP contribution in [0.2, 0.25) is 5.02 Å². The molecule has 3 aromatic carbocycles. The molecule has 0 atom stereocenters. The number of carbonyl (C=O) groups excluding carboxylic acids is 1. The molecule has 0 aliphatic carbocycles. The van der Waals surface area contributed by atoms with Gasteiger partial charge in [0.1, 0.15) is 24.7 Å². The number of carbonyl (C=O) groups is 1. The van der Waals surface area contributed by atoms with Crippen molar-refractivity contribution in [1.29, 1.82) is 0 Å². The molecule has 33 heavy (non-hydrogen) atoms. The minimum Gasteiger partial charge on any atom is -0.497 e. The van der Waals surface area contributed by atoms with Gasteiger partial charge in [-0.1, -0.05) is 29.8 Å². The second-order valence-corrected chi connectivity index (χ2v) is 9.48. The first-order valence-corrected chi connectivity index (χ1v) is 12.0. The molecule has 0 saturated carbocycles. The van der Waals surface area contributed by atoms with E-state index in [4.69, 9.17) is 21.1 Å². The summed E-state index contributed by atoms with van der Waals surface area (Å²) in [4.78, 5) is 12.7. The third-order valence-corrected chi connectivity index (χ3v) is 6.75. The van der Waals surface area contributed by atoms with Gasteiger partial charge in [0.15, 0.2) is 0 Å². The van der Waals surface area contributed by atoms with E-state index in [0.717, 1.165) is 9.87 Å². The summed E-state index contributed by atoms with van der Waals surface area (Å²) in [5, 5.41) is 3.13. The number of halogens is 1. The van der Waals surface area contributed by atoms with Gasteiger partial charge in [0.05, 0.1) is 24.2 Å². The number of aryl methyl sites for hydroxylation is 1. The van der Waals surface area contributed by atoms with E-state index < -0.39 is 15.9 Å². The van der Waals surface area contributed by atoms with Crippen LogP contribution in [0.3, 0.4) is 0 Å². The van der Waals surface area contributed by atoms with Crippen LogP contribution in [-0.2, 0) is 14.8 Å². The molecule has 3 rings (SSSR count). The number of amides is 1. The highest BCUT2D eigenvalue weighted by atomic mass is 35.5. The maximum absolute atomic E-state index is 13.3. The van der Waals surface area contributed by atoms with Gasteiger partial charge in [-0.25, -0.2) is 8.42 Å². The lowest BCUT2D eigenvalue weighted by molar-refractivity contribution is -0.119. The second-order valence-electron chi connectivity index (χ2n) is 7.18. The molecule has 0 aromatic heterocycles. The number of anilines is 1. The lowest BCUT2D eigenvalue weighted by Crippen LogP contribution is -2.42. The lowest BCUT2D eigenvalue weighted by Gasteiger charge is -2.24. The molecule has 7 nitrogen and oxygen atoms in total. The van der Waals surface area contributed by atoms with Crippen molar-refractivity contribution in [3.63, 3.8) is 0 Å². The highest BCUT2D eigenvalue weighted by Gasteiger charge is 2.27. The van der Waals surface area contributed by atoms with Crippen molar-refractivity contribution in [3.8, 4) is 11.5 Å². The number of nitrogens with zero attached hydrogens (tertiary/aromatic N) is 1. The predicted molar refractivity (Wildman–Crippen MR) is 129 cm³/mol. The number of hydrogen-bond acceptors (Lipinski definition) is 5. The maximum Gasteiger partial charge on any atom is 0.264 e. The number of rotatable bonds is 10. The fourth-order valence-electron chi connectivity index (χ4n) is 3.07. The third-order valence-electron chi connectivity index (χ3n) is 4.71. The van der Waals surface area contributed by atoms with Gasteiger partial charge in [-0.3, -0.25) is 9.10 Å². The van der Waals surface area contributed by atoms with E-state index in [1.807, 2.05) is 13.0 Å². The molecule has 0 spiro atoms. The van der Waals surface area contributed by atoms with Gasteiger partial charge in [-0.2, -0.15) is 0 Å². The Kier molecular flexibility index (Phi) is 8.19. The van der Waals surface area contributed by atoms with Crippen molar-refractivity contribution < 1.29 is 22.7 Å². The summed E-state index contributed by atoms with van der Waals surface area (Å²) in [7, 11) is -2.43. The van der Waals surface area contributed by atoms with Gasteiger partial charge in [0.25, 0.3) is 10.0 Å². The molecular weight excluding hydrogens is 464 g/mol. The Hall–Kier alpha value is -3.23. The van der Waals surface area contributed by atoms with Gasteiger partial charge in [0.2, 0.25) is 5.91 Å². The lowest BCUT2D eigenvalue weighted by atomic mass is 10.2. The minimum absolute atomic E-state index is 0.0440. The molecule has 0 saturated heterocycles.